The summed E-state index contributed by atoms with van der Waals surface area (Å²) in [5.74, 6) is 0.196. The lowest BCUT2D eigenvalue weighted by molar-refractivity contribution is -0.114. The molecule has 2 N–H and O–H groups in total. The van der Waals surface area contributed by atoms with E-state index in [-0.39, 0.29) is 12.5 Å². The molecule has 0 radical (unpaired) electrons. The van der Waals surface area contributed by atoms with Gasteiger partial charge in [-0.05, 0) is 37.1 Å². The van der Waals surface area contributed by atoms with E-state index >= 15 is 0 Å². The fourth-order valence-corrected chi connectivity index (χ4v) is 2.70. The van der Waals surface area contributed by atoms with Crippen molar-refractivity contribution in [2.45, 2.75) is 33.6 Å². The molecule has 1 aromatic heterocycles. The number of rotatable bonds is 5. The van der Waals surface area contributed by atoms with Crippen LogP contribution in [-0.2, 0) is 4.79 Å². The van der Waals surface area contributed by atoms with Crippen LogP contribution in [0, 0.1) is 13.8 Å². The topological polar surface area (TPSA) is 66.9 Å². The van der Waals surface area contributed by atoms with Gasteiger partial charge in [0.05, 0.1) is 6.54 Å². The van der Waals surface area contributed by atoms with Gasteiger partial charge in [-0.15, -0.1) is 10.2 Å². The van der Waals surface area contributed by atoms with Crippen molar-refractivity contribution >= 4 is 28.1 Å². The summed E-state index contributed by atoms with van der Waals surface area (Å²) in [7, 11) is 0. The minimum Gasteiger partial charge on any atom is -0.376 e. The Kier molecular flexibility index (Phi) is 4.90. The van der Waals surface area contributed by atoms with E-state index < -0.39 is 0 Å². The van der Waals surface area contributed by atoms with Gasteiger partial charge in [0.25, 0.3) is 0 Å². The summed E-state index contributed by atoms with van der Waals surface area (Å²) < 4.78 is 0. The highest BCUT2D eigenvalue weighted by atomic mass is 32.1. The lowest BCUT2D eigenvalue weighted by atomic mass is 10.1. The number of aryl methyl sites for hydroxylation is 2. The summed E-state index contributed by atoms with van der Waals surface area (Å²) in [6.07, 6.45) is 0. The molecule has 0 aliphatic rings. The molecular formula is C15H20N4OS. The van der Waals surface area contributed by atoms with E-state index in [1.54, 1.807) is 0 Å². The third kappa shape index (κ3) is 4.53. The maximum absolute atomic E-state index is 11.9. The molecule has 0 spiro atoms. The molecule has 1 aromatic carbocycles. The molecule has 0 aliphatic heterocycles. The SMILES string of the molecule is Cc1cc(C)cc(NCC(=O)Nc2nnc(C(C)C)s2)c1. The average molecular weight is 304 g/mol. The number of anilines is 2. The van der Waals surface area contributed by atoms with Crippen molar-refractivity contribution in [3.63, 3.8) is 0 Å². The molecule has 2 rings (SSSR count). The number of amides is 1. The molecule has 2 aromatic rings. The fourth-order valence-electron chi connectivity index (χ4n) is 1.94. The van der Waals surface area contributed by atoms with Gasteiger partial charge in [-0.3, -0.25) is 10.1 Å². The minimum absolute atomic E-state index is 0.124. The number of nitrogens with zero attached hydrogens (tertiary/aromatic N) is 2. The van der Waals surface area contributed by atoms with Crippen molar-refractivity contribution in [2.75, 3.05) is 17.2 Å². The highest BCUT2D eigenvalue weighted by molar-refractivity contribution is 7.15. The predicted molar refractivity (Wildman–Crippen MR) is 87.0 cm³/mol. The zero-order valence-corrected chi connectivity index (χ0v) is 13.5. The predicted octanol–water partition coefficient (Wildman–Crippen LogP) is 3.33. The van der Waals surface area contributed by atoms with Gasteiger partial charge in [0.2, 0.25) is 11.0 Å². The molecule has 0 unspecified atom stereocenters. The van der Waals surface area contributed by atoms with Crippen LogP contribution in [0.1, 0.15) is 35.9 Å². The monoisotopic (exact) mass is 304 g/mol. The van der Waals surface area contributed by atoms with E-state index in [4.69, 9.17) is 0 Å². The zero-order valence-electron chi connectivity index (χ0n) is 12.7. The van der Waals surface area contributed by atoms with Crippen LogP contribution >= 0.6 is 11.3 Å². The highest BCUT2D eigenvalue weighted by Gasteiger charge is 2.10. The first kappa shape index (κ1) is 15.4. The third-order valence-electron chi connectivity index (χ3n) is 2.86. The third-order valence-corrected chi connectivity index (χ3v) is 3.99. The molecule has 112 valence electrons. The molecule has 0 atom stereocenters. The first-order chi connectivity index (χ1) is 9.94. The van der Waals surface area contributed by atoms with E-state index in [0.717, 1.165) is 10.7 Å². The molecule has 0 bridgehead atoms. The van der Waals surface area contributed by atoms with E-state index in [0.29, 0.717) is 11.0 Å². The normalized spacial score (nSPS) is 10.7. The average Bonchev–Trinajstić information content (AvgIpc) is 2.84. The molecular weight excluding hydrogens is 284 g/mol. The summed E-state index contributed by atoms with van der Waals surface area (Å²) >= 11 is 1.41. The highest BCUT2D eigenvalue weighted by Crippen LogP contribution is 2.22. The number of aromatic nitrogens is 2. The summed E-state index contributed by atoms with van der Waals surface area (Å²) in [6, 6.07) is 6.13. The summed E-state index contributed by atoms with van der Waals surface area (Å²) in [6.45, 7) is 8.38. The van der Waals surface area contributed by atoms with Crippen LogP contribution in [0.15, 0.2) is 18.2 Å². The van der Waals surface area contributed by atoms with Crippen molar-refractivity contribution in [3.8, 4) is 0 Å². The first-order valence-corrected chi connectivity index (χ1v) is 7.71. The molecule has 21 heavy (non-hydrogen) atoms. The van der Waals surface area contributed by atoms with Gasteiger partial charge >= 0.3 is 0 Å². The van der Waals surface area contributed by atoms with Crippen LogP contribution in [0.4, 0.5) is 10.8 Å². The van der Waals surface area contributed by atoms with Gasteiger partial charge in [0.1, 0.15) is 5.01 Å². The summed E-state index contributed by atoms with van der Waals surface area (Å²) in [5.41, 5.74) is 3.29. The van der Waals surface area contributed by atoms with Gasteiger partial charge in [-0.1, -0.05) is 31.3 Å². The van der Waals surface area contributed by atoms with Crippen molar-refractivity contribution < 1.29 is 4.79 Å². The molecule has 5 nitrogen and oxygen atoms in total. The standard InChI is InChI=1S/C15H20N4OS/c1-9(2)14-18-19-15(21-14)17-13(20)8-16-12-6-10(3)5-11(4)7-12/h5-7,9,16H,8H2,1-4H3,(H,17,19,20). The molecule has 0 saturated carbocycles. The lowest BCUT2D eigenvalue weighted by Gasteiger charge is -2.08. The van der Waals surface area contributed by atoms with Crippen molar-refractivity contribution in [2.24, 2.45) is 0 Å². The van der Waals surface area contributed by atoms with Crippen molar-refractivity contribution in [1.82, 2.24) is 10.2 Å². The van der Waals surface area contributed by atoms with Gasteiger partial charge < -0.3 is 5.32 Å². The summed E-state index contributed by atoms with van der Waals surface area (Å²) in [4.78, 5) is 11.9. The lowest BCUT2D eigenvalue weighted by Crippen LogP contribution is -2.21. The van der Waals surface area contributed by atoms with E-state index in [1.807, 2.05) is 39.8 Å². The van der Waals surface area contributed by atoms with Crippen LogP contribution in [0.25, 0.3) is 0 Å². The molecule has 1 amide bonds. The van der Waals surface area contributed by atoms with Crippen LogP contribution in [0.2, 0.25) is 0 Å². The smallest absolute Gasteiger partial charge is 0.245 e. The second kappa shape index (κ2) is 6.67. The Labute approximate surface area is 128 Å². The molecule has 0 aliphatic carbocycles. The van der Waals surface area contributed by atoms with Gasteiger partial charge in [0, 0.05) is 11.6 Å². The molecule has 1 heterocycles. The first-order valence-electron chi connectivity index (χ1n) is 6.89. The van der Waals surface area contributed by atoms with Crippen LogP contribution in [0.5, 0.6) is 0 Å². The number of hydrogen-bond donors (Lipinski definition) is 2. The Hall–Kier alpha value is -1.95. The minimum atomic E-state index is -0.124. The van der Waals surface area contributed by atoms with Gasteiger partial charge in [-0.25, -0.2) is 0 Å². The van der Waals surface area contributed by atoms with Crippen molar-refractivity contribution in [1.29, 1.82) is 0 Å². The second-order valence-corrected chi connectivity index (χ2v) is 6.39. The molecule has 0 fully saturated rings. The van der Waals surface area contributed by atoms with Crippen molar-refractivity contribution in [3.05, 3.63) is 34.3 Å². The molecule has 0 saturated heterocycles. The summed E-state index contributed by atoms with van der Waals surface area (Å²) in [5, 5.41) is 15.4. The maximum Gasteiger partial charge on any atom is 0.245 e. The second-order valence-electron chi connectivity index (χ2n) is 5.38. The Bertz CT molecular complexity index is 616. The van der Waals surface area contributed by atoms with Crippen LogP contribution in [0.3, 0.4) is 0 Å². The van der Waals surface area contributed by atoms with Crippen LogP contribution in [-0.4, -0.2) is 22.6 Å². The van der Waals surface area contributed by atoms with E-state index in [1.165, 1.54) is 22.5 Å². The quantitative estimate of drug-likeness (QED) is 0.889. The Balaban J connectivity index is 1.89. The van der Waals surface area contributed by atoms with E-state index in [2.05, 4.69) is 26.9 Å². The zero-order chi connectivity index (χ0) is 15.4. The van der Waals surface area contributed by atoms with Gasteiger partial charge in [0.15, 0.2) is 0 Å². The van der Waals surface area contributed by atoms with Crippen LogP contribution < -0.4 is 10.6 Å². The number of carbonyl (C=O) groups is 1. The fraction of sp³-hybridized carbons (Fsp3) is 0.400. The number of hydrogen-bond acceptors (Lipinski definition) is 5. The maximum atomic E-state index is 11.9. The molecule has 6 heteroatoms. The van der Waals surface area contributed by atoms with E-state index in [9.17, 15) is 4.79 Å². The number of carbonyl (C=O) groups excluding carboxylic acids is 1. The number of benzene rings is 1. The number of nitrogens with one attached hydrogen (secondary N) is 2. The Morgan fingerprint density at radius 2 is 1.86 bits per heavy atom. The Morgan fingerprint density at radius 3 is 2.43 bits per heavy atom. The Morgan fingerprint density at radius 1 is 1.19 bits per heavy atom. The largest absolute Gasteiger partial charge is 0.376 e. The van der Waals surface area contributed by atoms with Gasteiger partial charge in [-0.2, -0.15) is 0 Å².